The third-order valence-electron chi connectivity index (χ3n) is 5.87. The number of aliphatic hydroxyl groups excluding tert-OH is 1. The lowest BCUT2D eigenvalue weighted by molar-refractivity contribution is -0.137. The largest absolute Gasteiger partial charge is 0.492 e. The Morgan fingerprint density at radius 1 is 1.31 bits per heavy atom. The van der Waals surface area contributed by atoms with Gasteiger partial charge in [-0.15, -0.1) is 0 Å². The highest BCUT2D eigenvalue weighted by molar-refractivity contribution is 5.66. The summed E-state index contributed by atoms with van der Waals surface area (Å²) in [4.78, 5) is 10.6. The molecule has 5 heteroatoms. The lowest BCUT2D eigenvalue weighted by Gasteiger charge is -2.37. The van der Waals surface area contributed by atoms with E-state index in [1.807, 2.05) is 6.08 Å². The molecule has 2 N–H and O–H groups in total. The summed E-state index contributed by atoms with van der Waals surface area (Å²) < 4.78 is 12.2. The van der Waals surface area contributed by atoms with Gasteiger partial charge in [0, 0.05) is 31.1 Å². The molecule has 26 heavy (non-hydrogen) atoms. The number of hydrogen-bond donors (Lipinski definition) is 2. The van der Waals surface area contributed by atoms with Gasteiger partial charge >= 0.3 is 5.97 Å². The maximum Gasteiger partial charge on any atom is 0.303 e. The minimum Gasteiger partial charge on any atom is -0.492 e. The number of aliphatic hydroxyl groups is 1. The molecule has 3 fully saturated rings. The maximum atomic E-state index is 10.6. The monoisotopic (exact) mass is 364 g/mol. The summed E-state index contributed by atoms with van der Waals surface area (Å²) in [6.45, 7) is 2.17. The molecule has 2 bridgehead atoms. The Morgan fingerprint density at radius 2 is 2.15 bits per heavy atom. The third kappa shape index (κ3) is 4.68. The number of allylic oxidation sites excluding steroid dienone is 2. The van der Waals surface area contributed by atoms with Crippen LogP contribution in [0.5, 0.6) is 0 Å². The zero-order valence-corrected chi connectivity index (χ0v) is 15.7. The number of rotatable bonds is 10. The van der Waals surface area contributed by atoms with Gasteiger partial charge in [-0.25, -0.2) is 0 Å². The molecule has 3 aliphatic rings. The Kier molecular flexibility index (Phi) is 6.76. The van der Waals surface area contributed by atoms with E-state index >= 15 is 0 Å². The van der Waals surface area contributed by atoms with Crippen molar-refractivity contribution in [2.24, 2.45) is 11.8 Å². The van der Waals surface area contributed by atoms with E-state index in [-0.39, 0.29) is 30.8 Å². The van der Waals surface area contributed by atoms with Crippen LogP contribution < -0.4 is 0 Å². The van der Waals surface area contributed by atoms with E-state index in [9.17, 15) is 9.90 Å². The van der Waals surface area contributed by atoms with E-state index < -0.39 is 5.97 Å². The van der Waals surface area contributed by atoms with Gasteiger partial charge in [0.15, 0.2) is 0 Å². The van der Waals surface area contributed by atoms with Crippen molar-refractivity contribution in [1.29, 1.82) is 0 Å². The fraction of sp³-hybridized carbons (Fsp3) is 0.762. The molecule has 0 amide bonds. The van der Waals surface area contributed by atoms with Crippen molar-refractivity contribution in [2.75, 3.05) is 0 Å². The Morgan fingerprint density at radius 3 is 2.92 bits per heavy atom. The Hall–Kier alpha value is -1.33. The first kappa shape index (κ1) is 19.4. The molecule has 0 saturated carbocycles. The molecule has 0 aromatic heterocycles. The highest BCUT2D eigenvalue weighted by Crippen LogP contribution is 2.51. The van der Waals surface area contributed by atoms with Crippen molar-refractivity contribution >= 4 is 5.97 Å². The number of aliphatic carboxylic acids is 1. The standard InChI is InChI=1S/C21H32O5/c1-2-3-4-7-14(22)10-11-16-17-12-15(8-5-6-9-20(23)24)25-19-13-18(16)26-21(17)19/h8,10-11,14,16-19,21-22H,2-7,9,12-13H2,1H3,(H,23,24)/t14-,16-,17+,18-,19-,21-/m0/s1. The van der Waals surface area contributed by atoms with Crippen LogP contribution in [0, 0.1) is 11.8 Å². The number of hydrogen-bond acceptors (Lipinski definition) is 4. The average Bonchev–Trinajstić information content (AvgIpc) is 3.16. The second-order valence-corrected chi connectivity index (χ2v) is 7.88. The van der Waals surface area contributed by atoms with Gasteiger partial charge in [-0.2, -0.15) is 0 Å². The van der Waals surface area contributed by atoms with Crippen molar-refractivity contribution in [3.05, 3.63) is 24.0 Å². The molecule has 6 atom stereocenters. The second kappa shape index (κ2) is 9.05. The van der Waals surface area contributed by atoms with Crippen LogP contribution >= 0.6 is 0 Å². The molecule has 0 aliphatic carbocycles. The lowest BCUT2D eigenvalue weighted by Crippen LogP contribution is -2.41. The zero-order chi connectivity index (χ0) is 18.5. The van der Waals surface area contributed by atoms with E-state index in [4.69, 9.17) is 14.6 Å². The van der Waals surface area contributed by atoms with Gasteiger partial charge in [-0.1, -0.05) is 38.3 Å². The fourth-order valence-electron chi connectivity index (χ4n) is 4.54. The molecule has 3 rings (SSSR count). The zero-order valence-electron chi connectivity index (χ0n) is 15.7. The first-order valence-corrected chi connectivity index (χ1v) is 10.2. The predicted octanol–water partition coefficient (Wildman–Crippen LogP) is 3.82. The summed E-state index contributed by atoms with van der Waals surface area (Å²) in [5.41, 5.74) is 0. The van der Waals surface area contributed by atoms with Crippen LogP contribution in [-0.4, -0.2) is 40.6 Å². The molecule has 146 valence electrons. The van der Waals surface area contributed by atoms with Crippen molar-refractivity contribution in [2.45, 2.75) is 89.1 Å². The van der Waals surface area contributed by atoms with Crippen LogP contribution in [0.2, 0.25) is 0 Å². The Labute approximate surface area is 156 Å². The van der Waals surface area contributed by atoms with E-state index in [0.29, 0.717) is 18.3 Å². The third-order valence-corrected chi connectivity index (χ3v) is 5.87. The second-order valence-electron chi connectivity index (χ2n) is 7.88. The molecule has 0 radical (unpaired) electrons. The van der Waals surface area contributed by atoms with Crippen molar-refractivity contribution in [3.8, 4) is 0 Å². The molecular weight excluding hydrogens is 332 g/mol. The quantitative estimate of drug-likeness (QED) is 0.455. The van der Waals surface area contributed by atoms with Crippen LogP contribution in [0.3, 0.4) is 0 Å². The first-order valence-electron chi connectivity index (χ1n) is 10.2. The van der Waals surface area contributed by atoms with Crippen LogP contribution in [0.1, 0.15) is 64.7 Å². The molecule has 3 saturated heterocycles. The molecule has 3 aliphatic heterocycles. The van der Waals surface area contributed by atoms with Crippen molar-refractivity contribution in [3.63, 3.8) is 0 Å². The van der Waals surface area contributed by atoms with Crippen molar-refractivity contribution < 1.29 is 24.5 Å². The minimum atomic E-state index is -0.748. The predicted molar refractivity (Wildman–Crippen MR) is 98.6 cm³/mol. The SMILES string of the molecule is CCCCC[C@H](O)C=C[C@H]1[C@H]2CC(=CCCCC(=O)O)O[C@H]3C[C@@H]1O[C@@H]23. The molecule has 3 heterocycles. The van der Waals surface area contributed by atoms with Gasteiger partial charge < -0.3 is 19.7 Å². The molecule has 0 aromatic rings. The van der Waals surface area contributed by atoms with Gasteiger partial charge in [0.25, 0.3) is 0 Å². The highest BCUT2D eigenvalue weighted by Gasteiger charge is 2.56. The minimum absolute atomic E-state index is 0.142. The number of unbranched alkanes of at least 4 members (excludes halogenated alkanes) is 3. The van der Waals surface area contributed by atoms with E-state index in [2.05, 4.69) is 19.1 Å². The number of carboxylic acid groups (broad SMARTS) is 1. The normalized spacial score (nSPS) is 35.2. The van der Waals surface area contributed by atoms with E-state index in [1.54, 1.807) is 0 Å². The van der Waals surface area contributed by atoms with Crippen LogP contribution in [0.15, 0.2) is 24.0 Å². The smallest absolute Gasteiger partial charge is 0.303 e. The number of fused-ring (bicyclic) bond motifs is 1. The Balaban J connectivity index is 1.53. The fourth-order valence-corrected chi connectivity index (χ4v) is 4.54. The van der Waals surface area contributed by atoms with Gasteiger partial charge in [-0.05, 0) is 25.3 Å². The summed E-state index contributed by atoms with van der Waals surface area (Å²) >= 11 is 0. The van der Waals surface area contributed by atoms with Gasteiger partial charge in [-0.3, -0.25) is 4.79 Å². The summed E-state index contributed by atoms with van der Waals surface area (Å²) in [5.74, 6) is 1.01. The van der Waals surface area contributed by atoms with Gasteiger partial charge in [0.2, 0.25) is 0 Å². The van der Waals surface area contributed by atoms with Gasteiger partial charge in [0.05, 0.1) is 24.1 Å². The summed E-state index contributed by atoms with van der Waals surface area (Å²) in [6.07, 6.45) is 13.9. The number of carbonyl (C=O) groups is 1. The summed E-state index contributed by atoms with van der Waals surface area (Å²) in [7, 11) is 0. The summed E-state index contributed by atoms with van der Waals surface area (Å²) in [6, 6.07) is 0. The number of ether oxygens (including phenoxy) is 2. The topological polar surface area (TPSA) is 76.0 Å². The molecule has 5 nitrogen and oxygen atoms in total. The van der Waals surface area contributed by atoms with E-state index in [1.165, 1.54) is 12.8 Å². The average molecular weight is 364 g/mol. The Bertz CT molecular complexity index is 541. The highest BCUT2D eigenvalue weighted by atomic mass is 16.6. The maximum absolute atomic E-state index is 10.6. The molecule has 0 unspecified atom stereocenters. The van der Waals surface area contributed by atoms with Gasteiger partial charge in [0.1, 0.15) is 6.10 Å². The van der Waals surface area contributed by atoms with Crippen molar-refractivity contribution in [1.82, 2.24) is 0 Å². The molecule has 0 aromatic carbocycles. The van der Waals surface area contributed by atoms with Crippen LogP contribution in [-0.2, 0) is 14.3 Å². The van der Waals surface area contributed by atoms with E-state index in [0.717, 1.165) is 37.9 Å². The lowest BCUT2D eigenvalue weighted by atomic mass is 9.74. The number of carboxylic acids is 1. The first-order chi connectivity index (χ1) is 12.6. The molecular formula is C21H32O5. The van der Waals surface area contributed by atoms with Crippen LogP contribution in [0.4, 0.5) is 0 Å². The summed E-state index contributed by atoms with van der Waals surface area (Å²) in [5, 5.41) is 18.9. The van der Waals surface area contributed by atoms with Crippen LogP contribution in [0.25, 0.3) is 0 Å². The molecule has 0 spiro atoms.